The zero-order valence-electron chi connectivity index (χ0n) is 14.5. The van der Waals surface area contributed by atoms with Crippen LogP contribution in [0, 0.1) is 6.92 Å². The maximum atomic E-state index is 12.1. The standard InChI is InChI=1S/C18H20N2O5S/c1-3-13-5-7-14(8-6-13)20-17(21)11-25-18(22)16-10-15(26(19,23)24)9-4-12(16)2/h4-10H,3,11H2,1-2H3,(H,20,21)(H2,19,23,24). The third kappa shape index (κ3) is 5.14. The average Bonchev–Trinajstić information content (AvgIpc) is 2.59. The van der Waals surface area contributed by atoms with Crippen molar-refractivity contribution in [1.82, 2.24) is 0 Å². The van der Waals surface area contributed by atoms with Gasteiger partial charge in [0.25, 0.3) is 5.91 Å². The molecular weight excluding hydrogens is 356 g/mol. The monoisotopic (exact) mass is 376 g/mol. The van der Waals surface area contributed by atoms with Gasteiger partial charge in [-0.05, 0) is 48.7 Å². The van der Waals surface area contributed by atoms with Crippen LogP contribution in [-0.4, -0.2) is 26.9 Å². The number of hydrogen-bond acceptors (Lipinski definition) is 5. The molecule has 2 aromatic carbocycles. The summed E-state index contributed by atoms with van der Waals surface area (Å²) in [7, 11) is -3.94. The number of rotatable bonds is 6. The fourth-order valence-electron chi connectivity index (χ4n) is 2.23. The lowest BCUT2D eigenvalue weighted by Crippen LogP contribution is -2.21. The molecule has 0 atom stereocenters. The first-order valence-corrected chi connectivity index (χ1v) is 9.44. The third-order valence-corrected chi connectivity index (χ3v) is 4.65. The summed E-state index contributed by atoms with van der Waals surface area (Å²) in [6, 6.07) is 11.2. The van der Waals surface area contributed by atoms with E-state index in [0.717, 1.165) is 18.1 Å². The highest BCUT2D eigenvalue weighted by molar-refractivity contribution is 7.89. The number of carbonyl (C=O) groups excluding carboxylic acids is 2. The van der Waals surface area contributed by atoms with E-state index in [1.54, 1.807) is 19.1 Å². The Morgan fingerprint density at radius 3 is 2.35 bits per heavy atom. The minimum atomic E-state index is -3.94. The lowest BCUT2D eigenvalue weighted by molar-refractivity contribution is -0.119. The molecule has 0 saturated carbocycles. The Kier molecular flexibility index (Phi) is 6.12. The number of hydrogen-bond donors (Lipinski definition) is 2. The average molecular weight is 376 g/mol. The fraction of sp³-hybridized carbons (Fsp3) is 0.222. The van der Waals surface area contributed by atoms with E-state index in [4.69, 9.17) is 9.88 Å². The Morgan fingerprint density at radius 2 is 1.77 bits per heavy atom. The molecular formula is C18H20N2O5S. The normalized spacial score (nSPS) is 11.0. The zero-order chi connectivity index (χ0) is 19.3. The van der Waals surface area contributed by atoms with Gasteiger partial charge in [-0.3, -0.25) is 4.79 Å². The quantitative estimate of drug-likeness (QED) is 0.748. The van der Waals surface area contributed by atoms with Crippen molar-refractivity contribution in [3.8, 4) is 0 Å². The molecule has 0 aliphatic rings. The van der Waals surface area contributed by atoms with Crippen LogP contribution in [0.3, 0.4) is 0 Å². The van der Waals surface area contributed by atoms with E-state index in [1.807, 2.05) is 19.1 Å². The first-order chi connectivity index (χ1) is 12.2. The number of sulfonamides is 1. The maximum absolute atomic E-state index is 12.1. The van der Waals surface area contributed by atoms with Crippen molar-refractivity contribution in [2.24, 2.45) is 5.14 Å². The van der Waals surface area contributed by atoms with Gasteiger partial charge < -0.3 is 10.1 Å². The van der Waals surface area contributed by atoms with E-state index >= 15 is 0 Å². The number of aryl methyl sites for hydroxylation is 2. The molecule has 138 valence electrons. The van der Waals surface area contributed by atoms with Crippen LogP contribution in [0.1, 0.15) is 28.4 Å². The van der Waals surface area contributed by atoms with Crippen molar-refractivity contribution >= 4 is 27.6 Å². The highest BCUT2D eigenvalue weighted by atomic mass is 32.2. The number of ether oxygens (including phenoxy) is 1. The van der Waals surface area contributed by atoms with Crippen LogP contribution in [0.4, 0.5) is 5.69 Å². The molecule has 0 bridgehead atoms. The highest BCUT2D eigenvalue weighted by Crippen LogP contribution is 2.16. The summed E-state index contributed by atoms with van der Waals surface area (Å²) in [6.07, 6.45) is 0.892. The van der Waals surface area contributed by atoms with Crippen LogP contribution < -0.4 is 10.5 Å². The number of carbonyl (C=O) groups is 2. The van der Waals surface area contributed by atoms with Crippen LogP contribution in [0.5, 0.6) is 0 Å². The summed E-state index contributed by atoms with van der Waals surface area (Å²) >= 11 is 0. The summed E-state index contributed by atoms with van der Waals surface area (Å²) in [5, 5.41) is 7.68. The Bertz CT molecular complexity index is 921. The summed E-state index contributed by atoms with van der Waals surface area (Å²) in [5.41, 5.74) is 2.28. The lowest BCUT2D eigenvalue weighted by Gasteiger charge is -2.09. The number of nitrogens with one attached hydrogen (secondary N) is 1. The van der Waals surface area contributed by atoms with Gasteiger partial charge in [0.2, 0.25) is 10.0 Å². The molecule has 3 N–H and O–H groups in total. The SMILES string of the molecule is CCc1ccc(NC(=O)COC(=O)c2cc(S(N)(=O)=O)ccc2C)cc1. The van der Waals surface area contributed by atoms with Gasteiger partial charge in [-0.1, -0.05) is 25.1 Å². The number of nitrogens with two attached hydrogens (primary N) is 1. The number of primary sulfonamides is 1. The molecule has 0 spiro atoms. The van der Waals surface area contributed by atoms with Crippen LogP contribution in [0.25, 0.3) is 0 Å². The Morgan fingerprint density at radius 1 is 1.12 bits per heavy atom. The molecule has 2 aromatic rings. The Labute approximate surface area is 152 Å². The van der Waals surface area contributed by atoms with Gasteiger partial charge in [-0.2, -0.15) is 0 Å². The molecule has 0 aliphatic heterocycles. The molecule has 0 saturated heterocycles. The molecule has 0 radical (unpaired) electrons. The lowest BCUT2D eigenvalue weighted by atomic mass is 10.1. The Balaban J connectivity index is 2.00. The minimum Gasteiger partial charge on any atom is -0.452 e. The van der Waals surface area contributed by atoms with Crippen molar-refractivity contribution in [1.29, 1.82) is 0 Å². The topological polar surface area (TPSA) is 116 Å². The van der Waals surface area contributed by atoms with Gasteiger partial charge in [-0.25, -0.2) is 18.4 Å². The predicted molar refractivity (Wildman–Crippen MR) is 97.3 cm³/mol. The van der Waals surface area contributed by atoms with E-state index in [1.165, 1.54) is 12.1 Å². The fourth-order valence-corrected chi connectivity index (χ4v) is 2.77. The van der Waals surface area contributed by atoms with E-state index in [0.29, 0.717) is 11.3 Å². The van der Waals surface area contributed by atoms with Gasteiger partial charge in [0.15, 0.2) is 6.61 Å². The van der Waals surface area contributed by atoms with Crippen LogP contribution in [0.15, 0.2) is 47.4 Å². The summed E-state index contributed by atoms with van der Waals surface area (Å²) < 4.78 is 27.8. The predicted octanol–water partition coefficient (Wildman–Crippen LogP) is 2.00. The third-order valence-electron chi connectivity index (χ3n) is 3.74. The Hall–Kier alpha value is -2.71. The van der Waals surface area contributed by atoms with E-state index in [9.17, 15) is 18.0 Å². The molecule has 0 heterocycles. The molecule has 2 rings (SSSR count). The second-order valence-electron chi connectivity index (χ2n) is 5.70. The molecule has 1 amide bonds. The molecule has 7 nitrogen and oxygen atoms in total. The summed E-state index contributed by atoms with van der Waals surface area (Å²) in [5.74, 6) is -1.30. The molecule has 8 heteroatoms. The van der Waals surface area contributed by atoms with Gasteiger partial charge in [0.1, 0.15) is 0 Å². The number of benzene rings is 2. The van der Waals surface area contributed by atoms with Gasteiger partial charge in [0.05, 0.1) is 10.5 Å². The molecule has 0 aliphatic carbocycles. The molecule has 0 unspecified atom stereocenters. The van der Waals surface area contributed by atoms with Crippen molar-refractivity contribution in [3.63, 3.8) is 0 Å². The summed E-state index contributed by atoms with van der Waals surface area (Å²) in [4.78, 5) is 23.9. The van der Waals surface area contributed by atoms with E-state index < -0.39 is 28.5 Å². The first kappa shape index (κ1) is 19.6. The smallest absolute Gasteiger partial charge is 0.338 e. The van der Waals surface area contributed by atoms with Crippen LogP contribution >= 0.6 is 0 Å². The largest absolute Gasteiger partial charge is 0.452 e. The first-order valence-electron chi connectivity index (χ1n) is 7.90. The maximum Gasteiger partial charge on any atom is 0.338 e. The number of anilines is 1. The zero-order valence-corrected chi connectivity index (χ0v) is 15.3. The highest BCUT2D eigenvalue weighted by Gasteiger charge is 2.17. The van der Waals surface area contributed by atoms with Crippen molar-refractivity contribution in [2.45, 2.75) is 25.2 Å². The molecule has 0 fully saturated rings. The van der Waals surface area contributed by atoms with Crippen LogP contribution in [-0.2, 0) is 26.0 Å². The van der Waals surface area contributed by atoms with Gasteiger partial charge >= 0.3 is 5.97 Å². The minimum absolute atomic E-state index is 0.0385. The summed E-state index contributed by atoms with van der Waals surface area (Å²) in [6.45, 7) is 3.16. The van der Waals surface area contributed by atoms with Crippen molar-refractivity contribution < 1.29 is 22.7 Å². The van der Waals surface area contributed by atoms with Gasteiger partial charge in [-0.15, -0.1) is 0 Å². The van der Waals surface area contributed by atoms with E-state index in [2.05, 4.69) is 5.32 Å². The van der Waals surface area contributed by atoms with Crippen molar-refractivity contribution in [2.75, 3.05) is 11.9 Å². The van der Waals surface area contributed by atoms with Gasteiger partial charge in [0, 0.05) is 5.69 Å². The second-order valence-corrected chi connectivity index (χ2v) is 7.26. The number of esters is 1. The number of amides is 1. The van der Waals surface area contributed by atoms with E-state index in [-0.39, 0.29) is 10.5 Å². The second kappa shape index (κ2) is 8.11. The van der Waals surface area contributed by atoms with Crippen molar-refractivity contribution in [3.05, 3.63) is 59.2 Å². The van der Waals surface area contributed by atoms with Crippen LogP contribution in [0.2, 0.25) is 0 Å². The molecule has 0 aromatic heterocycles. The molecule has 26 heavy (non-hydrogen) atoms.